The Kier molecular flexibility index (Phi) is 3.69. The van der Waals surface area contributed by atoms with Crippen LogP contribution in [0.4, 0.5) is 14.5 Å². The Balaban J connectivity index is 2.37. The van der Waals surface area contributed by atoms with Crippen molar-refractivity contribution in [2.24, 2.45) is 0 Å². The van der Waals surface area contributed by atoms with Crippen LogP contribution in [0, 0.1) is 18.6 Å². The van der Waals surface area contributed by atoms with Gasteiger partial charge >= 0.3 is 0 Å². The Labute approximate surface area is 109 Å². The summed E-state index contributed by atoms with van der Waals surface area (Å²) >= 11 is 0. The number of nitrogen functional groups attached to an aromatic ring is 1. The number of ether oxygens (including phenoxy) is 1. The molecule has 0 saturated carbocycles. The van der Waals surface area contributed by atoms with Crippen LogP contribution < -0.4 is 10.5 Å². The van der Waals surface area contributed by atoms with Crippen LogP contribution in [0.2, 0.25) is 0 Å². The number of aryl methyl sites for hydroxylation is 2. The van der Waals surface area contributed by atoms with Gasteiger partial charge in [-0.15, -0.1) is 0 Å². The summed E-state index contributed by atoms with van der Waals surface area (Å²) in [6.45, 7) is 4.33. The molecule has 0 aliphatic carbocycles. The molecule has 2 N–H and O–H groups in total. The van der Waals surface area contributed by atoms with Crippen molar-refractivity contribution in [1.29, 1.82) is 0 Å². The SMILES string of the molecule is CCCn1nc(C)c(N)c1Oc1ccc(F)cc1F. The third-order valence-electron chi connectivity index (χ3n) is 2.66. The molecule has 1 aromatic heterocycles. The van der Waals surface area contributed by atoms with Gasteiger partial charge in [-0.2, -0.15) is 5.10 Å². The van der Waals surface area contributed by atoms with Crippen LogP contribution in [0.5, 0.6) is 11.6 Å². The van der Waals surface area contributed by atoms with Crippen molar-refractivity contribution in [3.63, 3.8) is 0 Å². The van der Waals surface area contributed by atoms with Crippen molar-refractivity contribution >= 4 is 5.69 Å². The fraction of sp³-hybridized carbons (Fsp3) is 0.308. The van der Waals surface area contributed by atoms with E-state index in [0.29, 0.717) is 17.9 Å². The van der Waals surface area contributed by atoms with E-state index in [1.165, 1.54) is 6.07 Å². The van der Waals surface area contributed by atoms with Crippen molar-refractivity contribution in [3.8, 4) is 11.6 Å². The molecule has 0 aliphatic heterocycles. The van der Waals surface area contributed by atoms with E-state index in [9.17, 15) is 8.78 Å². The van der Waals surface area contributed by atoms with Gasteiger partial charge in [-0.05, 0) is 25.5 Å². The molecule has 2 rings (SSSR count). The maximum Gasteiger partial charge on any atom is 0.241 e. The Morgan fingerprint density at radius 1 is 1.37 bits per heavy atom. The smallest absolute Gasteiger partial charge is 0.241 e. The van der Waals surface area contributed by atoms with E-state index in [1.54, 1.807) is 11.6 Å². The number of benzene rings is 1. The predicted molar refractivity (Wildman–Crippen MR) is 68.1 cm³/mol. The molecule has 0 spiro atoms. The predicted octanol–water partition coefficient (Wildman–Crippen LogP) is 3.25. The van der Waals surface area contributed by atoms with Crippen LogP contribution in [0.15, 0.2) is 18.2 Å². The fourth-order valence-corrected chi connectivity index (χ4v) is 1.71. The molecule has 0 radical (unpaired) electrons. The fourth-order valence-electron chi connectivity index (χ4n) is 1.71. The van der Waals surface area contributed by atoms with E-state index in [2.05, 4.69) is 5.10 Å². The van der Waals surface area contributed by atoms with Crippen molar-refractivity contribution in [2.75, 3.05) is 5.73 Å². The highest BCUT2D eigenvalue weighted by molar-refractivity contribution is 5.54. The third-order valence-corrected chi connectivity index (χ3v) is 2.66. The van der Waals surface area contributed by atoms with E-state index in [1.807, 2.05) is 6.92 Å². The molecule has 0 bridgehead atoms. The number of nitrogens with two attached hydrogens (primary N) is 1. The molecule has 0 unspecified atom stereocenters. The summed E-state index contributed by atoms with van der Waals surface area (Å²) in [5.41, 5.74) is 6.83. The summed E-state index contributed by atoms with van der Waals surface area (Å²) in [5.74, 6) is -1.23. The van der Waals surface area contributed by atoms with E-state index in [0.717, 1.165) is 18.6 Å². The zero-order chi connectivity index (χ0) is 14.0. The molecule has 0 atom stereocenters. The van der Waals surface area contributed by atoms with Crippen molar-refractivity contribution in [2.45, 2.75) is 26.8 Å². The minimum absolute atomic E-state index is 0.0784. The quantitative estimate of drug-likeness (QED) is 0.925. The first kappa shape index (κ1) is 13.3. The Bertz CT molecular complexity index is 596. The normalized spacial score (nSPS) is 10.7. The van der Waals surface area contributed by atoms with Crippen molar-refractivity contribution < 1.29 is 13.5 Å². The van der Waals surface area contributed by atoms with E-state index in [4.69, 9.17) is 10.5 Å². The van der Waals surface area contributed by atoms with Gasteiger partial charge in [0.2, 0.25) is 5.88 Å². The molecule has 0 saturated heterocycles. The topological polar surface area (TPSA) is 53.1 Å². The Hall–Kier alpha value is -2.11. The second-order valence-corrected chi connectivity index (χ2v) is 4.20. The molecular formula is C13H15F2N3O. The minimum atomic E-state index is -0.777. The number of hydrogen-bond acceptors (Lipinski definition) is 3. The van der Waals surface area contributed by atoms with Gasteiger partial charge in [0.1, 0.15) is 11.5 Å². The highest BCUT2D eigenvalue weighted by Gasteiger charge is 2.16. The first-order valence-electron chi connectivity index (χ1n) is 5.98. The van der Waals surface area contributed by atoms with Crippen LogP contribution in [-0.2, 0) is 6.54 Å². The Morgan fingerprint density at radius 3 is 2.74 bits per heavy atom. The largest absolute Gasteiger partial charge is 0.434 e. The summed E-state index contributed by atoms with van der Waals surface area (Å²) in [6, 6.07) is 3.11. The highest BCUT2D eigenvalue weighted by atomic mass is 19.1. The molecule has 19 heavy (non-hydrogen) atoms. The molecule has 4 nitrogen and oxygen atoms in total. The highest BCUT2D eigenvalue weighted by Crippen LogP contribution is 2.31. The summed E-state index contributed by atoms with van der Waals surface area (Å²) in [5, 5.41) is 4.21. The lowest BCUT2D eigenvalue weighted by molar-refractivity contribution is 0.387. The zero-order valence-corrected chi connectivity index (χ0v) is 10.8. The number of hydrogen-bond donors (Lipinski definition) is 1. The first-order valence-corrected chi connectivity index (χ1v) is 5.98. The van der Waals surface area contributed by atoms with Crippen molar-refractivity contribution in [1.82, 2.24) is 9.78 Å². The van der Waals surface area contributed by atoms with Gasteiger partial charge in [0, 0.05) is 12.6 Å². The van der Waals surface area contributed by atoms with Gasteiger partial charge in [-0.3, -0.25) is 0 Å². The lowest BCUT2D eigenvalue weighted by atomic mass is 10.3. The first-order chi connectivity index (χ1) is 9.02. The number of anilines is 1. The molecule has 2 aromatic rings. The van der Waals surface area contributed by atoms with Crippen molar-refractivity contribution in [3.05, 3.63) is 35.5 Å². The van der Waals surface area contributed by atoms with Crippen LogP contribution in [0.3, 0.4) is 0 Å². The average molecular weight is 267 g/mol. The number of halogens is 2. The number of aromatic nitrogens is 2. The zero-order valence-electron chi connectivity index (χ0n) is 10.8. The summed E-state index contributed by atoms with van der Waals surface area (Å²) in [6.07, 6.45) is 0.836. The van der Waals surface area contributed by atoms with Gasteiger partial charge in [0.05, 0.1) is 5.69 Å². The molecule has 1 heterocycles. The van der Waals surface area contributed by atoms with E-state index >= 15 is 0 Å². The number of nitrogens with zero attached hydrogens (tertiary/aromatic N) is 2. The van der Waals surface area contributed by atoms with Gasteiger partial charge in [0.15, 0.2) is 11.6 Å². The van der Waals surface area contributed by atoms with E-state index < -0.39 is 11.6 Å². The standard InChI is InChI=1S/C13H15F2N3O/c1-3-6-18-13(12(16)8(2)17-18)19-11-5-4-9(14)7-10(11)15/h4-5,7H,3,6,16H2,1-2H3. The third kappa shape index (κ3) is 2.67. The van der Waals surface area contributed by atoms with Crippen LogP contribution in [0.1, 0.15) is 19.0 Å². The second-order valence-electron chi connectivity index (χ2n) is 4.20. The van der Waals surface area contributed by atoms with Gasteiger partial charge < -0.3 is 10.5 Å². The molecule has 6 heteroatoms. The Morgan fingerprint density at radius 2 is 2.11 bits per heavy atom. The molecule has 1 aromatic carbocycles. The number of rotatable bonds is 4. The molecule has 0 amide bonds. The summed E-state index contributed by atoms with van der Waals surface area (Å²) in [4.78, 5) is 0. The molecule has 0 aliphatic rings. The molecular weight excluding hydrogens is 252 g/mol. The average Bonchev–Trinajstić information content (AvgIpc) is 2.61. The lowest BCUT2D eigenvalue weighted by Crippen LogP contribution is -2.03. The van der Waals surface area contributed by atoms with Crippen LogP contribution in [0.25, 0.3) is 0 Å². The van der Waals surface area contributed by atoms with Gasteiger partial charge in [0.25, 0.3) is 0 Å². The maximum atomic E-state index is 13.6. The van der Waals surface area contributed by atoms with Crippen LogP contribution in [-0.4, -0.2) is 9.78 Å². The summed E-state index contributed by atoms with van der Waals surface area (Å²) < 4.78 is 33.4. The monoisotopic (exact) mass is 267 g/mol. The molecule has 0 fully saturated rings. The van der Waals surface area contributed by atoms with Gasteiger partial charge in [-0.1, -0.05) is 6.92 Å². The van der Waals surface area contributed by atoms with Crippen LogP contribution >= 0.6 is 0 Å². The lowest BCUT2D eigenvalue weighted by Gasteiger charge is -2.09. The maximum absolute atomic E-state index is 13.6. The second kappa shape index (κ2) is 5.26. The minimum Gasteiger partial charge on any atom is -0.434 e. The van der Waals surface area contributed by atoms with Gasteiger partial charge in [-0.25, -0.2) is 13.5 Å². The molecule has 102 valence electrons. The van der Waals surface area contributed by atoms with E-state index in [-0.39, 0.29) is 11.6 Å². The summed E-state index contributed by atoms with van der Waals surface area (Å²) in [7, 11) is 0.